The molecule has 123 heavy (non-hydrogen) atoms. The maximum Gasteiger partial charge on any atom is 0.408 e. The number of thiazole rings is 3. The third-order valence-corrected chi connectivity index (χ3v) is 21.1. The lowest BCUT2D eigenvalue weighted by Crippen LogP contribution is -2.45. The fourth-order valence-electron chi connectivity index (χ4n) is 10.6. The van der Waals surface area contributed by atoms with Crippen molar-refractivity contribution in [1.29, 1.82) is 0 Å². The first-order valence-corrected chi connectivity index (χ1v) is 48.3. The first-order valence-electron chi connectivity index (χ1n) is 38.4. The van der Waals surface area contributed by atoms with Crippen LogP contribution in [0.4, 0.5) is 40.3 Å². The van der Waals surface area contributed by atoms with Crippen LogP contribution in [0.5, 0.6) is 0 Å². The molecule has 0 spiro atoms. The summed E-state index contributed by atoms with van der Waals surface area (Å²) in [6, 6.07) is 34.4. The summed E-state index contributed by atoms with van der Waals surface area (Å²) in [5, 5.41) is 33.8. The van der Waals surface area contributed by atoms with Gasteiger partial charge < -0.3 is 61.5 Å². The van der Waals surface area contributed by atoms with Crippen molar-refractivity contribution >= 4 is 154 Å². The number of hydrogen-bond donors (Lipinski definition) is 13. The van der Waals surface area contributed by atoms with Crippen LogP contribution in [-0.4, -0.2) is 196 Å². The summed E-state index contributed by atoms with van der Waals surface area (Å²) in [7, 11) is -12.3. The molecule has 4 heterocycles. The highest BCUT2D eigenvalue weighted by Gasteiger charge is 2.29. The SMILES string of the molecule is C.CC(C)(C)OC(=O)N[C@@H](CCCCNS(C)(=O)=O)C(=O)Nc1nc(-c2ccccc2)cs1.CC(C)(C)OC(=O)N[C@@H](CCCCNS(N)(=O)=O)C(=O)Nc1cccc2cccnc12.CCOC(=O)N[C@@H](CCCCNS(C)(=O)=O)C(=O)Nc1nc(-c2ccccc2)cs1.COC(=O)N[C@@H](CCCCNS(C)(=O)=O)C(=O)Nc1nc(-c2ccccc2)cs1. The Bertz CT molecular complexity index is 5130. The van der Waals surface area contributed by atoms with Crippen LogP contribution in [0.2, 0.25) is 0 Å². The van der Waals surface area contributed by atoms with Gasteiger partial charge in [0.25, 0.3) is 10.2 Å². The molecule has 37 nitrogen and oxygen atoms in total. The molecular formula is C79H113N17O20S7. The summed E-state index contributed by atoms with van der Waals surface area (Å²) in [6.45, 7) is 13.2. The van der Waals surface area contributed by atoms with Crippen LogP contribution < -0.4 is 66.6 Å². The number of hydrogen-bond acceptors (Lipinski definition) is 27. The molecule has 44 heteroatoms. The van der Waals surface area contributed by atoms with Crippen LogP contribution in [0.25, 0.3) is 44.7 Å². The lowest BCUT2D eigenvalue weighted by Gasteiger charge is -2.23. The Morgan fingerprint density at radius 2 is 0.732 bits per heavy atom. The average molecular weight is 1850 g/mol. The maximum absolute atomic E-state index is 12.9. The number of rotatable bonds is 40. The van der Waals surface area contributed by atoms with E-state index in [9.17, 15) is 72.0 Å². The van der Waals surface area contributed by atoms with Gasteiger partial charge in [-0.05, 0) is 138 Å². The average Bonchev–Trinajstić information content (AvgIpc) is 1.57. The molecule has 4 aromatic heterocycles. The van der Waals surface area contributed by atoms with E-state index < -0.39 is 124 Å². The first kappa shape index (κ1) is 105. The third kappa shape index (κ3) is 45.1. The topological polar surface area (TPSA) is 532 Å². The Morgan fingerprint density at radius 1 is 0.415 bits per heavy atom. The number of para-hydroxylation sites is 1. The highest BCUT2D eigenvalue weighted by atomic mass is 32.2. The van der Waals surface area contributed by atoms with E-state index in [4.69, 9.17) is 19.3 Å². The number of nitrogens with one attached hydrogen (secondary N) is 12. The van der Waals surface area contributed by atoms with Crippen molar-refractivity contribution in [2.75, 3.05) is 79.9 Å². The van der Waals surface area contributed by atoms with E-state index in [1.54, 1.807) is 72.9 Å². The molecule has 676 valence electrons. The first-order chi connectivity index (χ1) is 57.4. The molecule has 0 fully saturated rings. The second-order valence-electron chi connectivity index (χ2n) is 29.0. The number of methoxy groups -OCH3 is 1. The van der Waals surface area contributed by atoms with Gasteiger partial charge in [0.15, 0.2) is 15.4 Å². The number of pyridine rings is 1. The molecule has 0 saturated carbocycles. The monoisotopic (exact) mass is 1840 g/mol. The van der Waals surface area contributed by atoms with Gasteiger partial charge in [-0.25, -0.2) is 83.4 Å². The van der Waals surface area contributed by atoms with Crippen molar-refractivity contribution in [2.45, 2.75) is 168 Å². The summed E-state index contributed by atoms with van der Waals surface area (Å²) >= 11 is 3.87. The highest BCUT2D eigenvalue weighted by molar-refractivity contribution is 7.89. The number of nitrogens with zero attached hydrogens (tertiary/aromatic N) is 4. The van der Waals surface area contributed by atoms with Crippen molar-refractivity contribution in [3.05, 3.63) is 144 Å². The Morgan fingerprint density at radius 3 is 1.05 bits per heavy atom. The number of fused-ring (bicyclic) bond motifs is 1. The molecule has 0 radical (unpaired) electrons. The molecular weight excluding hydrogens is 1730 g/mol. The van der Waals surface area contributed by atoms with Crippen molar-refractivity contribution in [3.8, 4) is 33.8 Å². The largest absolute Gasteiger partial charge is 0.453 e. The molecule has 0 aliphatic rings. The van der Waals surface area contributed by atoms with E-state index in [-0.39, 0.29) is 46.6 Å². The Balaban J connectivity index is 0.000000343. The molecule has 8 aromatic rings. The number of nitrogens with two attached hydrogens (primary N) is 1. The maximum atomic E-state index is 12.9. The number of ether oxygens (including phenoxy) is 4. The lowest BCUT2D eigenvalue weighted by molar-refractivity contribution is -0.119. The van der Waals surface area contributed by atoms with Crippen LogP contribution in [0.3, 0.4) is 0 Å². The summed E-state index contributed by atoms with van der Waals surface area (Å²) in [5.74, 6) is -1.67. The minimum absolute atomic E-state index is 0. The van der Waals surface area contributed by atoms with Gasteiger partial charge in [-0.2, -0.15) is 8.42 Å². The van der Waals surface area contributed by atoms with Gasteiger partial charge in [0.2, 0.25) is 53.7 Å². The smallest absolute Gasteiger partial charge is 0.408 e. The molecule has 0 saturated heterocycles. The summed E-state index contributed by atoms with van der Waals surface area (Å²) in [4.78, 5) is 116. The lowest BCUT2D eigenvalue weighted by atomic mass is 10.1. The van der Waals surface area contributed by atoms with E-state index in [0.29, 0.717) is 97.2 Å². The van der Waals surface area contributed by atoms with E-state index in [0.717, 1.165) is 57.9 Å². The quantitative estimate of drug-likeness (QED) is 0.0125. The number of aromatic nitrogens is 4. The zero-order valence-corrected chi connectivity index (χ0v) is 75.3. The van der Waals surface area contributed by atoms with Crippen molar-refractivity contribution < 1.29 is 91.0 Å². The van der Waals surface area contributed by atoms with Gasteiger partial charge in [0.1, 0.15) is 35.4 Å². The van der Waals surface area contributed by atoms with E-state index in [1.165, 1.54) is 41.1 Å². The van der Waals surface area contributed by atoms with Gasteiger partial charge in [-0.1, -0.05) is 117 Å². The predicted octanol–water partition coefficient (Wildman–Crippen LogP) is 10.8. The van der Waals surface area contributed by atoms with Crippen molar-refractivity contribution in [2.24, 2.45) is 5.14 Å². The van der Waals surface area contributed by atoms with Gasteiger partial charge in [0, 0.05) is 70.6 Å². The summed E-state index contributed by atoms with van der Waals surface area (Å²) in [6.07, 6.45) is 7.34. The number of carbonyl (C=O) groups excluding carboxylic acids is 8. The van der Waals surface area contributed by atoms with Crippen LogP contribution in [0, 0.1) is 0 Å². The molecule has 4 aromatic carbocycles. The number of benzene rings is 4. The highest BCUT2D eigenvalue weighted by Crippen LogP contribution is 2.29. The number of unbranched alkanes of at least 4 members (excludes halogenated alkanes) is 4. The number of amides is 8. The van der Waals surface area contributed by atoms with Crippen molar-refractivity contribution in [1.82, 2.24) is 60.1 Å². The summed E-state index contributed by atoms with van der Waals surface area (Å²) < 4.78 is 118. The zero-order chi connectivity index (χ0) is 90.1. The molecule has 4 atom stereocenters. The Hall–Kier alpha value is -10.3. The van der Waals surface area contributed by atoms with E-state index in [1.807, 2.05) is 119 Å². The Kier molecular flexibility index (Phi) is 44.8. The second kappa shape index (κ2) is 52.4. The van der Waals surface area contributed by atoms with Gasteiger partial charge >= 0.3 is 24.4 Å². The summed E-state index contributed by atoms with van der Waals surface area (Å²) in [5.41, 5.74) is 4.78. The number of alkyl carbamates (subject to hydrolysis) is 4. The molecule has 0 bridgehead atoms. The fraction of sp³-hybridized carbons (Fsp3) is 0.443. The van der Waals surface area contributed by atoms with Crippen LogP contribution in [0.15, 0.2) is 144 Å². The molecule has 8 amide bonds. The molecule has 14 N–H and O–H groups in total. The number of anilines is 4. The number of sulfonamides is 3. The third-order valence-electron chi connectivity index (χ3n) is 16.1. The van der Waals surface area contributed by atoms with Gasteiger partial charge in [-0.15, -0.1) is 34.0 Å². The minimum Gasteiger partial charge on any atom is -0.453 e. The minimum atomic E-state index is -3.77. The van der Waals surface area contributed by atoms with Crippen LogP contribution in [0.1, 0.15) is 133 Å². The van der Waals surface area contributed by atoms with Crippen molar-refractivity contribution in [3.63, 3.8) is 0 Å². The normalized spacial score (nSPS) is 12.4. The van der Waals surface area contributed by atoms with Gasteiger partial charge in [0.05, 0.1) is 60.8 Å². The Labute approximate surface area is 731 Å². The van der Waals surface area contributed by atoms with Crippen LogP contribution >= 0.6 is 34.0 Å². The van der Waals surface area contributed by atoms with Crippen LogP contribution in [-0.2, 0) is 78.4 Å². The van der Waals surface area contributed by atoms with E-state index >= 15 is 0 Å². The molecule has 8 rings (SSSR count). The number of carbonyl (C=O) groups is 8. The standard InChI is InChI=1S/C21H30N4O5S2.C20H29N5O5S.C19H26N4O5S2.C18H24N4O5S2.CH4/c1-21(2,3)30-20(27)24-16(12-8-9-13-22-32(4,28)29)18(26)25-19-23-17(14-31-19)15-10-6-5-7-11-15;1-20(2,3)30-19(27)25-16(10-4-5-13-23-31(21,28)29)18(26)24-15-11-6-8-14-9-7-12-22-17(14)15;1-3-28-19(25)22-15(11-7-8-12-20-30(2,26)27)17(24)23-18-21-16(13-29-18)14-9-5-4-6-10-14;1-27-18(24)21-14(10-6-7-11-19-29(2,25)26)16(23)22-17-20-15(12-28-17)13-8-4-3-5-9-13;/h5-7,10-11,14,16,22H,8-9,12-13H2,1-4H3,(H,24,27)(H,23,25,26);6-9,11-12,16,23H,4-5,10,13H2,1-3H3,(H,24,26)(H,25,27)(H2,21,28,29);4-6,9-10,13,15,20H,3,7-8,11-12H2,1-2H3,(H,22,25)(H,21,23,24);3-5,8-9,12,14,19H,6-7,10-11H2,1-2H3,(H,21,24)(H,20,22,23);1H4/t2*16-;15-;14-;/m0000./s1. The van der Waals surface area contributed by atoms with Gasteiger partial charge in [-0.3, -0.25) is 24.2 Å². The molecule has 0 aliphatic heterocycles. The predicted molar refractivity (Wildman–Crippen MR) is 480 cm³/mol. The molecule has 0 aliphatic carbocycles. The molecule has 0 unspecified atom stereocenters. The zero-order valence-electron chi connectivity index (χ0n) is 69.6. The van der Waals surface area contributed by atoms with E-state index in [2.05, 4.69) is 86.1 Å². The fourth-order valence-corrected chi connectivity index (χ4v) is 14.7. The second-order valence-corrected chi connectivity index (χ2v) is 38.4.